The van der Waals surface area contributed by atoms with Crippen molar-refractivity contribution >= 4 is 5.91 Å². The van der Waals surface area contributed by atoms with Gasteiger partial charge in [0, 0.05) is 45.3 Å². The van der Waals surface area contributed by atoms with Crippen LogP contribution in [0, 0.1) is 0 Å². The fraction of sp³-hybridized carbons (Fsp3) is 0.650. The molecule has 0 atom stereocenters. The Labute approximate surface area is 151 Å². The molecule has 3 aliphatic heterocycles. The van der Waals surface area contributed by atoms with Crippen molar-refractivity contribution in [2.75, 3.05) is 52.9 Å². The van der Waals surface area contributed by atoms with Gasteiger partial charge in [-0.1, -0.05) is 24.3 Å². The molecule has 136 valence electrons. The lowest BCUT2D eigenvalue weighted by atomic mass is 10.0. The second-order valence-corrected chi connectivity index (χ2v) is 7.87. The van der Waals surface area contributed by atoms with Gasteiger partial charge in [-0.3, -0.25) is 14.6 Å². The van der Waals surface area contributed by atoms with Gasteiger partial charge in [0.2, 0.25) is 5.91 Å². The Hall–Kier alpha value is -1.43. The normalized spacial score (nSPS) is 23.8. The van der Waals surface area contributed by atoms with E-state index in [4.69, 9.17) is 0 Å². The number of nitrogens with zero attached hydrogens (tertiary/aromatic N) is 4. The van der Waals surface area contributed by atoms with Gasteiger partial charge in [0.1, 0.15) is 0 Å². The molecular formula is C20H30N4O. The Kier molecular flexibility index (Phi) is 5.06. The van der Waals surface area contributed by atoms with Gasteiger partial charge in [0.25, 0.3) is 0 Å². The van der Waals surface area contributed by atoms with Crippen molar-refractivity contribution < 1.29 is 4.79 Å². The number of fused-ring (bicyclic) bond motifs is 1. The minimum absolute atomic E-state index is 0.302. The third kappa shape index (κ3) is 3.89. The number of carbonyl (C=O) groups is 1. The van der Waals surface area contributed by atoms with Gasteiger partial charge in [0.05, 0.1) is 6.54 Å². The first-order valence-electron chi connectivity index (χ1n) is 9.68. The molecule has 1 aromatic carbocycles. The van der Waals surface area contributed by atoms with E-state index in [2.05, 4.69) is 50.9 Å². The summed E-state index contributed by atoms with van der Waals surface area (Å²) in [4.78, 5) is 22.1. The van der Waals surface area contributed by atoms with E-state index in [9.17, 15) is 4.79 Å². The van der Waals surface area contributed by atoms with E-state index in [0.29, 0.717) is 12.5 Å². The highest BCUT2D eigenvalue weighted by atomic mass is 16.2. The maximum Gasteiger partial charge on any atom is 0.236 e. The number of benzene rings is 1. The van der Waals surface area contributed by atoms with Crippen LogP contribution in [0.1, 0.15) is 24.0 Å². The van der Waals surface area contributed by atoms with Crippen molar-refractivity contribution in [2.24, 2.45) is 0 Å². The summed E-state index contributed by atoms with van der Waals surface area (Å²) in [7, 11) is 2.21. The number of piperidine rings is 1. The number of piperazine rings is 1. The zero-order chi connectivity index (χ0) is 17.2. The first-order valence-corrected chi connectivity index (χ1v) is 9.68. The lowest BCUT2D eigenvalue weighted by Crippen LogP contribution is -2.55. The van der Waals surface area contributed by atoms with E-state index >= 15 is 0 Å². The van der Waals surface area contributed by atoms with Crippen LogP contribution in [0.2, 0.25) is 0 Å². The molecule has 2 fully saturated rings. The van der Waals surface area contributed by atoms with Crippen molar-refractivity contribution in [1.29, 1.82) is 0 Å². The predicted octanol–water partition coefficient (Wildman–Crippen LogP) is 1.24. The van der Waals surface area contributed by atoms with Crippen LogP contribution in [0.5, 0.6) is 0 Å². The minimum Gasteiger partial charge on any atom is -0.339 e. The summed E-state index contributed by atoms with van der Waals surface area (Å²) >= 11 is 0. The maximum atomic E-state index is 12.7. The van der Waals surface area contributed by atoms with Gasteiger partial charge in [0.15, 0.2) is 0 Å². The summed E-state index contributed by atoms with van der Waals surface area (Å²) in [6.45, 7) is 8.68. The highest BCUT2D eigenvalue weighted by Crippen LogP contribution is 2.22. The van der Waals surface area contributed by atoms with Gasteiger partial charge in [-0.15, -0.1) is 0 Å². The molecule has 0 spiro atoms. The van der Waals surface area contributed by atoms with Crippen molar-refractivity contribution in [3.8, 4) is 0 Å². The summed E-state index contributed by atoms with van der Waals surface area (Å²) in [5.41, 5.74) is 2.75. The highest BCUT2D eigenvalue weighted by Gasteiger charge is 2.29. The van der Waals surface area contributed by atoms with E-state index in [-0.39, 0.29) is 0 Å². The topological polar surface area (TPSA) is 30.0 Å². The van der Waals surface area contributed by atoms with Gasteiger partial charge in [-0.2, -0.15) is 0 Å². The zero-order valence-corrected chi connectivity index (χ0v) is 15.4. The molecular weight excluding hydrogens is 312 g/mol. The number of rotatable bonds is 3. The monoisotopic (exact) mass is 342 g/mol. The average Bonchev–Trinajstić information content (AvgIpc) is 3.05. The zero-order valence-electron chi connectivity index (χ0n) is 15.4. The molecule has 0 saturated carbocycles. The summed E-state index contributed by atoms with van der Waals surface area (Å²) in [5, 5.41) is 0. The second kappa shape index (κ2) is 7.44. The molecule has 5 nitrogen and oxygen atoms in total. The van der Waals surface area contributed by atoms with Crippen LogP contribution in [0.4, 0.5) is 0 Å². The molecule has 0 N–H and O–H groups in total. The summed E-state index contributed by atoms with van der Waals surface area (Å²) in [6, 6.07) is 9.26. The Morgan fingerprint density at radius 3 is 2.16 bits per heavy atom. The van der Waals surface area contributed by atoms with Gasteiger partial charge >= 0.3 is 0 Å². The summed E-state index contributed by atoms with van der Waals surface area (Å²) < 4.78 is 0. The minimum atomic E-state index is 0.302. The van der Waals surface area contributed by atoms with E-state index in [1.54, 1.807) is 0 Å². The molecule has 3 heterocycles. The lowest BCUT2D eigenvalue weighted by molar-refractivity contribution is -0.134. The van der Waals surface area contributed by atoms with Crippen LogP contribution in [-0.2, 0) is 17.9 Å². The van der Waals surface area contributed by atoms with Crippen molar-refractivity contribution in [2.45, 2.75) is 32.0 Å². The van der Waals surface area contributed by atoms with Gasteiger partial charge in [-0.25, -0.2) is 0 Å². The summed E-state index contributed by atoms with van der Waals surface area (Å²) in [6.07, 6.45) is 2.55. The van der Waals surface area contributed by atoms with Crippen LogP contribution in [0.15, 0.2) is 24.3 Å². The van der Waals surface area contributed by atoms with Crippen LogP contribution in [0.3, 0.4) is 0 Å². The SMILES string of the molecule is CN1CCC(N2CCN(C(=O)CN3Cc4ccccc4C3)CC2)CC1. The molecule has 0 aromatic heterocycles. The maximum absolute atomic E-state index is 12.7. The second-order valence-electron chi connectivity index (χ2n) is 7.87. The van der Waals surface area contributed by atoms with E-state index in [1.807, 2.05) is 0 Å². The molecule has 25 heavy (non-hydrogen) atoms. The Bertz CT molecular complexity index is 578. The largest absolute Gasteiger partial charge is 0.339 e. The molecule has 0 aliphatic carbocycles. The first kappa shape index (κ1) is 17.0. The third-order valence-electron chi connectivity index (χ3n) is 6.14. The van der Waals surface area contributed by atoms with Crippen LogP contribution in [0.25, 0.3) is 0 Å². The van der Waals surface area contributed by atoms with Crippen LogP contribution in [-0.4, -0.2) is 84.4 Å². The molecule has 0 unspecified atom stereocenters. The molecule has 5 heteroatoms. The molecule has 1 amide bonds. The molecule has 2 saturated heterocycles. The Morgan fingerprint density at radius 2 is 1.56 bits per heavy atom. The highest BCUT2D eigenvalue weighted by molar-refractivity contribution is 5.78. The van der Waals surface area contributed by atoms with E-state index in [1.165, 1.54) is 37.1 Å². The van der Waals surface area contributed by atoms with Crippen molar-refractivity contribution in [3.05, 3.63) is 35.4 Å². The fourth-order valence-corrected chi connectivity index (χ4v) is 4.50. The fourth-order valence-electron chi connectivity index (χ4n) is 4.50. The molecule has 4 rings (SSSR count). The smallest absolute Gasteiger partial charge is 0.236 e. The number of hydrogen-bond donors (Lipinski definition) is 0. The number of amides is 1. The quantitative estimate of drug-likeness (QED) is 0.827. The van der Waals surface area contributed by atoms with E-state index in [0.717, 1.165) is 45.3 Å². The van der Waals surface area contributed by atoms with Crippen LogP contribution >= 0.6 is 0 Å². The third-order valence-corrected chi connectivity index (χ3v) is 6.14. The molecule has 1 aromatic rings. The first-order chi connectivity index (χ1) is 12.2. The van der Waals surface area contributed by atoms with E-state index < -0.39 is 0 Å². The number of carbonyl (C=O) groups excluding carboxylic acids is 1. The molecule has 3 aliphatic rings. The van der Waals surface area contributed by atoms with Gasteiger partial charge < -0.3 is 9.80 Å². The van der Waals surface area contributed by atoms with Crippen molar-refractivity contribution in [3.63, 3.8) is 0 Å². The average molecular weight is 342 g/mol. The Balaban J connectivity index is 1.24. The molecule has 0 bridgehead atoms. The predicted molar refractivity (Wildman–Crippen MR) is 99.2 cm³/mol. The van der Waals surface area contributed by atoms with Gasteiger partial charge in [-0.05, 0) is 44.1 Å². The van der Waals surface area contributed by atoms with Crippen LogP contribution < -0.4 is 0 Å². The Morgan fingerprint density at radius 1 is 0.960 bits per heavy atom. The standard InChI is InChI=1S/C20H30N4O/c1-21-8-6-19(7-9-21)23-10-12-24(13-11-23)20(25)16-22-14-17-4-2-3-5-18(17)15-22/h2-5,19H,6-16H2,1H3. The number of hydrogen-bond acceptors (Lipinski definition) is 4. The molecule has 0 radical (unpaired) electrons. The summed E-state index contributed by atoms with van der Waals surface area (Å²) in [5.74, 6) is 0.302. The number of likely N-dealkylation sites (tertiary alicyclic amines) is 1. The lowest BCUT2D eigenvalue weighted by Gasteiger charge is -2.42. The van der Waals surface area contributed by atoms with Crippen molar-refractivity contribution in [1.82, 2.24) is 19.6 Å².